The molecule has 0 amide bonds. The first-order valence-corrected chi connectivity index (χ1v) is 5.10. The maximum atomic E-state index is 11.5. The van der Waals surface area contributed by atoms with Gasteiger partial charge in [-0.2, -0.15) is 0 Å². The molecule has 2 aromatic heterocycles. The molecule has 0 radical (unpaired) electrons. The second kappa shape index (κ2) is 3.16. The lowest BCUT2D eigenvalue weighted by Gasteiger charge is -1.88. The predicted octanol–water partition coefficient (Wildman–Crippen LogP) is 2.44. The van der Waals surface area contributed by atoms with Gasteiger partial charge in [0, 0.05) is 6.20 Å². The Morgan fingerprint density at radius 1 is 1.33 bits per heavy atom. The van der Waals surface area contributed by atoms with Crippen LogP contribution in [0.15, 0.2) is 29.2 Å². The highest BCUT2D eigenvalue weighted by Gasteiger charge is 2.10. The van der Waals surface area contributed by atoms with Gasteiger partial charge in [-0.3, -0.25) is 9.78 Å². The van der Waals surface area contributed by atoms with Gasteiger partial charge < -0.3 is 0 Å². The van der Waals surface area contributed by atoms with Crippen molar-refractivity contribution in [2.45, 2.75) is 0 Å². The summed E-state index contributed by atoms with van der Waals surface area (Å²) in [4.78, 5) is 16.9. The average molecular weight is 195 g/mol. The molecule has 0 aromatic carbocycles. The van der Waals surface area contributed by atoms with Crippen LogP contribution in [-0.2, 0) is 0 Å². The van der Waals surface area contributed by atoms with Crippen LogP contribution < -0.4 is 0 Å². The number of hydrogen-bond donors (Lipinski definition) is 0. The molecule has 60 valence electrons. The van der Waals surface area contributed by atoms with Gasteiger partial charge in [-0.05, 0) is 11.4 Å². The van der Waals surface area contributed by atoms with Gasteiger partial charge in [-0.15, -0.1) is 22.7 Å². The number of thiazole rings is 1. The molecule has 2 aromatic rings. The minimum Gasteiger partial charge on any atom is -0.287 e. The molecule has 0 bridgehead atoms. The fourth-order valence-corrected chi connectivity index (χ4v) is 2.17. The van der Waals surface area contributed by atoms with Crippen molar-refractivity contribution < 1.29 is 4.79 Å². The van der Waals surface area contributed by atoms with Crippen molar-refractivity contribution in [3.8, 4) is 0 Å². The summed E-state index contributed by atoms with van der Waals surface area (Å²) in [6, 6.07) is 3.70. The summed E-state index contributed by atoms with van der Waals surface area (Å²) >= 11 is 2.83. The Morgan fingerprint density at radius 3 is 2.83 bits per heavy atom. The normalized spacial score (nSPS) is 10.0. The van der Waals surface area contributed by atoms with Crippen molar-refractivity contribution in [2.24, 2.45) is 0 Å². The quantitative estimate of drug-likeness (QED) is 0.689. The van der Waals surface area contributed by atoms with Crippen LogP contribution >= 0.6 is 22.7 Å². The fraction of sp³-hybridized carbons (Fsp3) is 0. The molecule has 0 aliphatic heterocycles. The van der Waals surface area contributed by atoms with E-state index in [2.05, 4.69) is 4.98 Å². The van der Waals surface area contributed by atoms with Crippen molar-refractivity contribution in [3.63, 3.8) is 0 Å². The summed E-state index contributed by atoms with van der Waals surface area (Å²) in [6.45, 7) is 0. The van der Waals surface area contributed by atoms with E-state index in [1.54, 1.807) is 11.7 Å². The summed E-state index contributed by atoms with van der Waals surface area (Å²) < 4.78 is 0. The summed E-state index contributed by atoms with van der Waals surface area (Å²) in [5, 5.41) is 1.90. The molecule has 0 N–H and O–H groups in total. The van der Waals surface area contributed by atoms with E-state index in [0.717, 1.165) is 4.88 Å². The molecule has 0 aliphatic carbocycles. The average Bonchev–Trinajstić information content (AvgIpc) is 2.77. The third kappa shape index (κ3) is 1.31. The highest BCUT2D eigenvalue weighted by atomic mass is 32.1. The van der Waals surface area contributed by atoms with Gasteiger partial charge in [-0.1, -0.05) is 6.07 Å². The van der Waals surface area contributed by atoms with Gasteiger partial charge in [0.05, 0.1) is 15.3 Å². The van der Waals surface area contributed by atoms with Crippen LogP contribution in [0.25, 0.3) is 0 Å². The zero-order valence-corrected chi connectivity index (χ0v) is 7.69. The van der Waals surface area contributed by atoms with Crippen molar-refractivity contribution in [2.75, 3.05) is 0 Å². The molecule has 0 fully saturated rings. The lowest BCUT2D eigenvalue weighted by atomic mass is 10.3. The van der Waals surface area contributed by atoms with Crippen LogP contribution in [-0.4, -0.2) is 10.8 Å². The second-order valence-electron chi connectivity index (χ2n) is 2.17. The number of hydrogen-bond acceptors (Lipinski definition) is 4. The topological polar surface area (TPSA) is 30.0 Å². The van der Waals surface area contributed by atoms with E-state index in [0.29, 0.717) is 4.88 Å². The highest BCUT2D eigenvalue weighted by Crippen LogP contribution is 2.16. The number of nitrogens with zero attached hydrogens (tertiary/aromatic N) is 1. The van der Waals surface area contributed by atoms with Crippen molar-refractivity contribution in [3.05, 3.63) is 39.0 Å². The number of aromatic nitrogens is 1. The van der Waals surface area contributed by atoms with Crippen molar-refractivity contribution in [1.82, 2.24) is 4.98 Å². The van der Waals surface area contributed by atoms with Crippen LogP contribution in [0.2, 0.25) is 0 Å². The molecule has 12 heavy (non-hydrogen) atoms. The van der Waals surface area contributed by atoms with Crippen molar-refractivity contribution >= 4 is 28.5 Å². The predicted molar refractivity (Wildman–Crippen MR) is 49.9 cm³/mol. The van der Waals surface area contributed by atoms with Gasteiger partial charge in [0.25, 0.3) is 0 Å². The molecule has 0 aliphatic rings. The zero-order valence-electron chi connectivity index (χ0n) is 6.06. The van der Waals surface area contributed by atoms with Gasteiger partial charge in [0.2, 0.25) is 5.78 Å². The molecule has 0 spiro atoms. The smallest absolute Gasteiger partial charge is 0.214 e. The first-order chi connectivity index (χ1) is 5.88. The number of rotatable bonds is 2. The molecule has 0 saturated carbocycles. The molecule has 0 saturated heterocycles. The van der Waals surface area contributed by atoms with Crippen LogP contribution in [0, 0.1) is 0 Å². The Kier molecular flexibility index (Phi) is 2.01. The SMILES string of the molecule is O=C(c1cccs1)c1cncs1. The summed E-state index contributed by atoms with van der Waals surface area (Å²) in [5.74, 6) is 0.0764. The molecule has 2 nitrogen and oxygen atoms in total. The third-order valence-corrected chi connectivity index (χ3v) is 3.04. The fourth-order valence-electron chi connectivity index (χ4n) is 0.857. The van der Waals surface area contributed by atoms with E-state index in [4.69, 9.17) is 0 Å². The monoisotopic (exact) mass is 195 g/mol. The minimum atomic E-state index is 0.0764. The number of carbonyl (C=O) groups excluding carboxylic acids is 1. The van der Waals surface area contributed by atoms with E-state index in [-0.39, 0.29) is 5.78 Å². The second-order valence-corrected chi connectivity index (χ2v) is 4.01. The van der Waals surface area contributed by atoms with Gasteiger partial charge in [-0.25, -0.2) is 0 Å². The van der Waals surface area contributed by atoms with E-state index < -0.39 is 0 Å². The highest BCUT2D eigenvalue weighted by molar-refractivity contribution is 7.15. The van der Waals surface area contributed by atoms with Gasteiger partial charge in [0.1, 0.15) is 0 Å². The Morgan fingerprint density at radius 2 is 2.25 bits per heavy atom. The first kappa shape index (κ1) is 7.64. The number of carbonyl (C=O) groups is 1. The van der Waals surface area contributed by atoms with Gasteiger partial charge >= 0.3 is 0 Å². The van der Waals surface area contributed by atoms with E-state index in [9.17, 15) is 4.79 Å². The maximum Gasteiger partial charge on any atom is 0.214 e. The Bertz CT molecular complexity index is 327. The third-order valence-electron chi connectivity index (χ3n) is 1.40. The lowest BCUT2D eigenvalue weighted by Crippen LogP contribution is -1.93. The molecule has 0 atom stereocenters. The summed E-state index contributed by atoms with van der Waals surface area (Å²) in [5.41, 5.74) is 1.67. The first-order valence-electron chi connectivity index (χ1n) is 3.34. The van der Waals surface area contributed by atoms with E-state index in [1.807, 2.05) is 17.5 Å². The van der Waals surface area contributed by atoms with E-state index >= 15 is 0 Å². The Balaban J connectivity index is 2.34. The molecule has 2 rings (SSSR count). The number of ketones is 1. The molecule has 4 heteroatoms. The van der Waals surface area contributed by atoms with Crippen LogP contribution in [0.4, 0.5) is 0 Å². The summed E-state index contributed by atoms with van der Waals surface area (Å²) in [6.07, 6.45) is 1.60. The van der Waals surface area contributed by atoms with Crippen LogP contribution in [0.1, 0.15) is 14.5 Å². The minimum absolute atomic E-state index is 0.0764. The molecule has 2 heterocycles. The Hall–Kier alpha value is -1.00. The largest absolute Gasteiger partial charge is 0.287 e. The van der Waals surface area contributed by atoms with Crippen LogP contribution in [0.5, 0.6) is 0 Å². The Labute approximate surface area is 77.5 Å². The molecular weight excluding hydrogens is 190 g/mol. The summed E-state index contributed by atoms with van der Waals surface area (Å²) in [7, 11) is 0. The van der Waals surface area contributed by atoms with E-state index in [1.165, 1.54) is 22.7 Å². The zero-order chi connectivity index (χ0) is 8.39. The number of thiophene rings is 1. The maximum absolute atomic E-state index is 11.5. The molecule has 0 unspecified atom stereocenters. The van der Waals surface area contributed by atoms with Crippen molar-refractivity contribution in [1.29, 1.82) is 0 Å². The lowest BCUT2D eigenvalue weighted by molar-refractivity contribution is 0.104. The molecular formula is C8H5NOS2. The van der Waals surface area contributed by atoms with Gasteiger partial charge in [0.15, 0.2) is 0 Å². The standard InChI is InChI=1S/C8H5NOS2/c10-8(6-2-1-3-11-6)7-4-9-5-12-7/h1-5H. The van der Waals surface area contributed by atoms with Crippen LogP contribution in [0.3, 0.4) is 0 Å².